The second kappa shape index (κ2) is 6.47. The van der Waals surface area contributed by atoms with E-state index in [1.165, 1.54) is 18.3 Å². The third-order valence-electron chi connectivity index (χ3n) is 6.46. The average Bonchev–Trinajstić information content (AvgIpc) is 2.68. The highest BCUT2D eigenvalue weighted by Gasteiger charge is 2.71. The minimum absolute atomic E-state index is 0.189. The molecule has 3 aromatic rings. The van der Waals surface area contributed by atoms with Crippen LogP contribution in [0, 0.1) is 20.8 Å². The Kier molecular flexibility index (Phi) is 4.52. The Bertz CT molecular complexity index is 1230. The Morgan fingerprint density at radius 2 is 1.55 bits per heavy atom. The molecule has 2 unspecified atom stereocenters. The summed E-state index contributed by atoms with van der Waals surface area (Å²) >= 11 is 0. The Balaban J connectivity index is 2.16. The van der Waals surface area contributed by atoms with Crippen molar-refractivity contribution < 1.29 is 30.9 Å². The van der Waals surface area contributed by atoms with Gasteiger partial charge in [0.1, 0.15) is 7.05 Å². The summed E-state index contributed by atoms with van der Waals surface area (Å²) in [6.45, 7) is 5.89. The van der Waals surface area contributed by atoms with E-state index in [4.69, 9.17) is 0 Å². The summed E-state index contributed by atoms with van der Waals surface area (Å²) in [6.07, 6.45) is -2.21. The first-order valence-corrected chi connectivity index (χ1v) is 9.86. The fourth-order valence-electron chi connectivity index (χ4n) is 4.58. The van der Waals surface area contributed by atoms with Crippen LogP contribution in [-0.2, 0) is 18.9 Å². The van der Waals surface area contributed by atoms with Crippen LogP contribution in [0.5, 0.6) is 0 Å². The van der Waals surface area contributed by atoms with E-state index in [0.717, 1.165) is 28.3 Å². The molecule has 0 spiro atoms. The molecule has 0 saturated heterocycles. The van der Waals surface area contributed by atoms with E-state index in [2.05, 4.69) is 0 Å². The predicted molar refractivity (Wildman–Crippen MR) is 107 cm³/mol. The van der Waals surface area contributed by atoms with Gasteiger partial charge in [0.2, 0.25) is 17.5 Å². The molecule has 2 aromatic carbocycles. The third-order valence-corrected chi connectivity index (χ3v) is 6.46. The van der Waals surface area contributed by atoms with Crippen molar-refractivity contribution in [2.75, 3.05) is 0 Å². The van der Waals surface area contributed by atoms with Gasteiger partial charge < -0.3 is 0 Å². The topological polar surface area (TPSA) is 3.88 Å². The maximum atomic E-state index is 15.0. The van der Waals surface area contributed by atoms with Crippen molar-refractivity contribution in [3.05, 3.63) is 64.3 Å². The highest BCUT2D eigenvalue weighted by molar-refractivity contribution is 5.97. The molecule has 0 aliphatic heterocycles. The zero-order valence-corrected chi connectivity index (χ0v) is 17.8. The minimum Gasteiger partial charge on any atom is -0.237 e. The fourth-order valence-corrected chi connectivity index (χ4v) is 4.58. The van der Waals surface area contributed by atoms with Gasteiger partial charge in [0.05, 0.1) is 10.9 Å². The summed E-state index contributed by atoms with van der Waals surface area (Å²) in [5, 5.41) is 0.0500. The number of aromatic nitrogens is 1. The molecule has 2 atom stereocenters. The van der Waals surface area contributed by atoms with Crippen LogP contribution in [0.25, 0.3) is 22.0 Å². The number of alkyl halides is 6. The van der Waals surface area contributed by atoms with E-state index >= 15 is 8.78 Å². The number of nitrogens with zero attached hydrogens (tertiary/aromatic N) is 1. The smallest absolute Gasteiger partial charge is 0.237 e. The average molecular weight is 438 g/mol. The van der Waals surface area contributed by atoms with Crippen LogP contribution in [-0.4, -0.2) is 11.8 Å². The van der Waals surface area contributed by atoms with Gasteiger partial charge in [0, 0.05) is 22.6 Å². The first-order valence-electron chi connectivity index (χ1n) is 9.86. The van der Waals surface area contributed by atoms with Crippen LogP contribution in [0.1, 0.15) is 34.7 Å². The molecule has 7 heteroatoms. The zero-order valence-electron chi connectivity index (χ0n) is 17.8. The molecule has 1 aliphatic carbocycles. The van der Waals surface area contributed by atoms with E-state index in [0.29, 0.717) is 5.69 Å². The van der Waals surface area contributed by atoms with Crippen LogP contribution < -0.4 is 4.57 Å². The molecule has 1 nitrogen and oxygen atoms in total. The lowest BCUT2D eigenvalue weighted by atomic mass is 9.74. The van der Waals surface area contributed by atoms with E-state index in [1.54, 1.807) is 11.6 Å². The molecule has 0 fully saturated rings. The number of hydrogen-bond acceptors (Lipinski definition) is 0. The van der Waals surface area contributed by atoms with Crippen molar-refractivity contribution in [2.24, 2.45) is 7.05 Å². The van der Waals surface area contributed by atoms with Gasteiger partial charge >= 0.3 is 11.8 Å². The number of rotatable bonds is 1. The van der Waals surface area contributed by atoms with Gasteiger partial charge in [0.25, 0.3) is 0 Å². The second-order valence-corrected chi connectivity index (χ2v) is 8.61. The minimum atomic E-state index is -4.42. The van der Waals surface area contributed by atoms with Gasteiger partial charge in [0.15, 0.2) is 6.20 Å². The quantitative estimate of drug-likeness (QED) is 0.301. The number of fused-ring (bicyclic) bond motifs is 3. The molecule has 0 bridgehead atoms. The van der Waals surface area contributed by atoms with Crippen molar-refractivity contribution in [1.82, 2.24) is 0 Å². The molecule has 1 aromatic heterocycles. The summed E-state index contributed by atoms with van der Waals surface area (Å²) in [4.78, 5) is 0. The Morgan fingerprint density at radius 3 is 2.19 bits per heavy atom. The van der Waals surface area contributed by atoms with Gasteiger partial charge in [-0.1, -0.05) is 17.7 Å². The van der Waals surface area contributed by atoms with Crippen LogP contribution in [0.4, 0.5) is 26.3 Å². The van der Waals surface area contributed by atoms with Gasteiger partial charge in [-0.3, -0.25) is 0 Å². The summed E-state index contributed by atoms with van der Waals surface area (Å²) in [6, 6.07) is 7.22. The van der Waals surface area contributed by atoms with Crippen LogP contribution in [0.3, 0.4) is 0 Å². The molecule has 0 N–H and O–H groups in total. The van der Waals surface area contributed by atoms with E-state index in [9.17, 15) is 17.6 Å². The van der Waals surface area contributed by atoms with Crippen molar-refractivity contribution in [1.29, 1.82) is 0 Å². The molecular weight excluding hydrogens is 416 g/mol. The standard InChI is InChI=1S/C24H22F6N/c1-12-10-13(2)14(3)17(11-12)20-16-6-7-18-19(15(16)8-9-31(20)5)23(27,28)21(25)22(4,26)24(18,29)30/h6-11,21H,1-5H3/q+1. The molecule has 1 heterocycles. The van der Waals surface area contributed by atoms with Crippen molar-refractivity contribution in [3.8, 4) is 11.3 Å². The highest BCUT2D eigenvalue weighted by Crippen LogP contribution is 2.59. The van der Waals surface area contributed by atoms with Gasteiger partial charge in [-0.05, 0) is 51.0 Å². The molecule has 4 rings (SSSR count). The van der Waals surface area contributed by atoms with Crippen LogP contribution in [0.15, 0.2) is 36.5 Å². The summed E-state index contributed by atoms with van der Waals surface area (Å²) in [5.41, 5.74) is -2.24. The lowest BCUT2D eigenvalue weighted by molar-refractivity contribution is -0.659. The van der Waals surface area contributed by atoms with E-state index in [-0.39, 0.29) is 17.7 Å². The Labute approximate surface area is 176 Å². The van der Waals surface area contributed by atoms with Crippen molar-refractivity contribution >= 4 is 10.8 Å². The number of hydrogen-bond donors (Lipinski definition) is 0. The summed E-state index contributed by atoms with van der Waals surface area (Å²) < 4.78 is 90.5. The second-order valence-electron chi connectivity index (χ2n) is 8.61. The van der Waals surface area contributed by atoms with Crippen LogP contribution >= 0.6 is 0 Å². The maximum Gasteiger partial charge on any atom is 0.309 e. The number of pyridine rings is 1. The maximum absolute atomic E-state index is 15.0. The Morgan fingerprint density at radius 1 is 0.903 bits per heavy atom. The largest absolute Gasteiger partial charge is 0.309 e. The molecule has 0 amide bonds. The summed E-state index contributed by atoms with van der Waals surface area (Å²) in [5.74, 6) is -8.83. The number of halogens is 6. The van der Waals surface area contributed by atoms with Crippen LogP contribution in [0.2, 0.25) is 0 Å². The third kappa shape index (κ3) is 2.74. The number of aryl methyl sites for hydroxylation is 3. The Hall–Kier alpha value is -2.57. The number of benzene rings is 2. The van der Waals surface area contributed by atoms with E-state index in [1.807, 2.05) is 32.9 Å². The SMILES string of the molecule is Cc1cc(C)c(C)c(-c2c3ccc4c(c3cc[n+]2C)C(F)(F)C(F)C(C)(F)C4(F)F)c1. The van der Waals surface area contributed by atoms with Gasteiger partial charge in [-0.15, -0.1) is 0 Å². The normalized spacial score (nSPS) is 24.3. The highest BCUT2D eigenvalue weighted by atomic mass is 19.3. The van der Waals surface area contributed by atoms with Crippen molar-refractivity contribution in [3.63, 3.8) is 0 Å². The molecule has 31 heavy (non-hydrogen) atoms. The molecule has 164 valence electrons. The van der Waals surface area contributed by atoms with E-state index < -0.39 is 34.8 Å². The predicted octanol–water partition coefficient (Wildman–Crippen LogP) is 6.52. The lowest BCUT2D eigenvalue weighted by Crippen LogP contribution is -2.58. The molecule has 0 saturated carbocycles. The molecule has 1 aliphatic rings. The zero-order chi connectivity index (χ0) is 23.1. The summed E-state index contributed by atoms with van der Waals surface area (Å²) in [7, 11) is 1.72. The van der Waals surface area contributed by atoms with Crippen molar-refractivity contribution in [2.45, 2.75) is 51.4 Å². The molecule has 0 radical (unpaired) electrons. The van der Waals surface area contributed by atoms with Gasteiger partial charge in [-0.2, -0.15) is 17.6 Å². The lowest BCUT2D eigenvalue weighted by Gasteiger charge is -2.42. The first-order chi connectivity index (χ1) is 14.2. The molecular formula is C24H22F6N+. The van der Waals surface area contributed by atoms with Gasteiger partial charge in [-0.25, -0.2) is 13.3 Å². The fraction of sp³-hybridized carbons (Fsp3) is 0.375. The monoisotopic (exact) mass is 438 g/mol. The first kappa shape index (κ1) is 21.7.